The lowest BCUT2D eigenvalue weighted by Gasteiger charge is -2.07. The molecule has 0 spiro atoms. The minimum Gasteiger partial charge on any atom is -0.508 e. The van der Waals surface area contributed by atoms with Crippen LogP contribution in [-0.2, 0) is 6.54 Å². The minimum absolute atomic E-state index is 0.0804. The number of hydrogen-bond acceptors (Lipinski definition) is 4. The van der Waals surface area contributed by atoms with E-state index in [1.807, 2.05) is 28.8 Å². The fourth-order valence-electron chi connectivity index (χ4n) is 3.43. The first kappa shape index (κ1) is 14.4. The van der Waals surface area contributed by atoms with Crippen LogP contribution in [0.1, 0.15) is 5.56 Å². The summed E-state index contributed by atoms with van der Waals surface area (Å²) in [6, 6.07) is 9.19. The van der Waals surface area contributed by atoms with Gasteiger partial charge in [0.25, 0.3) is 0 Å². The van der Waals surface area contributed by atoms with E-state index < -0.39 is 0 Å². The number of benzene rings is 2. The van der Waals surface area contributed by atoms with Crippen molar-refractivity contribution in [2.75, 3.05) is 0 Å². The molecule has 0 unspecified atom stereocenters. The molecule has 0 fully saturated rings. The van der Waals surface area contributed by atoms with Crippen molar-refractivity contribution in [3.8, 4) is 5.75 Å². The molecule has 2 aromatic carbocycles. The van der Waals surface area contributed by atoms with Crippen LogP contribution in [-0.4, -0.2) is 24.3 Å². The second kappa shape index (κ2) is 5.03. The van der Waals surface area contributed by atoms with Crippen LogP contribution in [0.15, 0.2) is 58.5 Å². The monoisotopic (exact) mass is 394 g/mol. The van der Waals surface area contributed by atoms with Crippen LogP contribution in [0.25, 0.3) is 27.2 Å². The van der Waals surface area contributed by atoms with E-state index in [-0.39, 0.29) is 11.2 Å². The average molecular weight is 395 g/mol. The predicted molar refractivity (Wildman–Crippen MR) is 98.4 cm³/mol. The van der Waals surface area contributed by atoms with Gasteiger partial charge in [-0.15, -0.1) is 0 Å². The number of phenolic OH excluding ortho intramolecular Hbond substituents is 1. The van der Waals surface area contributed by atoms with Crippen LogP contribution in [0.4, 0.5) is 0 Å². The Bertz CT molecular complexity index is 1310. The van der Waals surface area contributed by atoms with Gasteiger partial charge in [-0.1, -0.05) is 15.9 Å². The summed E-state index contributed by atoms with van der Waals surface area (Å²) in [7, 11) is 0. The lowest BCUT2D eigenvalue weighted by Crippen LogP contribution is -2.15. The largest absolute Gasteiger partial charge is 0.508 e. The molecule has 0 aliphatic heterocycles. The quantitative estimate of drug-likeness (QED) is 0.499. The molecule has 3 aromatic heterocycles. The Morgan fingerprint density at radius 3 is 2.76 bits per heavy atom. The van der Waals surface area contributed by atoms with Crippen LogP contribution in [0, 0.1) is 0 Å². The Hall–Kier alpha value is -2.93. The first-order chi connectivity index (χ1) is 12.1. The second-order valence-electron chi connectivity index (χ2n) is 6.00. The van der Waals surface area contributed by atoms with Crippen molar-refractivity contribution in [1.29, 1.82) is 0 Å². The van der Waals surface area contributed by atoms with Crippen LogP contribution in [0.5, 0.6) is 5.75 Å². The van der Waals surface area contributed by atoms with E-state index in [4.69, 9.17) is 0 Å². The molecule has 6 nitrogen and oxygen atoms in total. The van der Waals surface area contributed by atoms with Gasteiger partial charge in [0.1, 0.15) is 18.4 Å². The highest BCUT2D eigenvalue weighted by atomic mass is 79.9. The van der Waals surface area contributed by atoms with Gasteiger partial charge in [0, 0.05) is 27.0 Å². The molecular weight excluding hydrogens is 384 g/mol. The second-order valence-corrected chi connectivity index (χ2v) is 6.91. The van der Waals surface area contributed by atoms with Gasteiger partial charge in [0.2, 0.25) is 0 Å². The van der Waals surface area contributed by atoms with Crippen molar-refractivity contribution in [1.82, 2.24) is 19.2 Å². The molecule has 7 heteroatoms. The van der Waals surface area contributed by atoms with Gasteiger partial charge in [-0.3, -0.25) is 4.79 Å². The van der Waals surface area contributed by atoms with Crippen LogP contribution in [0.2, 0.25) is 0 Å². The SMILES string of the molecule is O=c1c(Cn2cncn2)cn2c3ccc(Br)cc3c3cc(O)cc1c32. The lowest BCUT2D eigenvalue weighted by molar-refractivity contribution is 0.477. The summed E-state index contributed by atoms with van der Waals surface area (Å²) in [6.07, 6.45) is 4.87. The van der Waals surface area contributed by atoms with Gasteiger partial charge in [-0.2, -0.15) is 5.10 Å². The molecular formula is C18H11BrN4O2. The van der Waals surface area contributed by atoms with Gasteiger partial charge in [-0.05, 0) is 30.3 Å². The van der Waals surface area contributed by atoms with Crippen molar-refractivity contribution in [3.05, 3.63) is 69.4 Å². The van der Waals surface area contributed by atoms with E-state index in [9.17, 15) is 9.90 Å². The van der Waals surface area contributed by atoms with Gasteiger partial charge < -0.3 is 9.51 Å². The third-order valence-corrected chi connectivity index (χ3v) is 4.96. The maximum absolute atomic E-state index is 13.0. The molecule has 5 aromatic rings. The van der Waals surface area contributed by atoms with Crippen LogP contribution >= 0.6 is 15.9 Å². The Morgan fingerprint density at radius 2 is 1.96 bits per heavy atom. The highest BCUT2D eigenvalue weighted by Crippen LogP contribution is 2.35. The molecule has 0 atom stereocenters. The van der Waals surface area contributed by atoms with Gasteiger partial charge in [-0.25, -0.2) is 9.67 Å². The minimum atomic E-state index is -0.106. The topological polar surface area (TPSA) is 72.4 Å². The predicted octanol–water partition coefficient (Wildman–Crippen LogP) is 3.15. The maximum Gasteiger partial charge on any atom is 0.194 e. The maximum atomic E-state index is 13.0. The fraction of sp³-hybridized carbons (Fsp3) is 0.0556. The first-order valence-corrected chi connectivity index (χ1v) is 8.45. The molecule has 3 heterocycles. The number of phenols is 1. The normalized spacial score (nSPS) is 11.9. The molecule has 0 bridgehead atoms. The number of pyridine rings is 1. The number of nitrogens with zero attached hydrogens (tertiary/aromatic N) is 4. The zero-order valence-corrected chi connectivity index (χ0v) is 14.4. The van der Waals surface area contributed by atoms with E-state index in [0.29, 0.717) is 17.5 Å². The lowest BCUT2D eigenvalue weighted by atomic mass is 10.1. The highest BCUT2D eigenvalue weighted by Gasteiger charge is 2.17. The first-order valence-electron chi connectivity index (χ1n) is 7.66. The molecule has 1 N–H and O–H groups in total. The standard InChI is InChI=1S/C18H11BrN4O2/c19-11-1-2-16-13(3-11)14-4-12(24)5-15-17(14)23(16)7-10(18(15)25)6-22-9-20-8-21-22/h1-5,7-9,24H,6H2. The third-order valence-electron chi connectivity index (χ3n) is 4.46. The summed E-state index contributed by atoms with van der Waals surface area (Å²) >= 11 is 3.49. The molecule has 0 saturated carbocycles. The van der Waals surface area contributed by atoms with Crippen molar-refractivity contribution < 1.29 is 5.11 Å². The molecule has 0 radical (unpaired) electrons. The van der Waals surface area contributed by atoms with Gasteiger partial charge in [0.05, 0.1) is 23.0 Å². The van der Waals surface area contributed by atoms with Gasteiger partial charge in [0.15, 0.2) is 5.43 Å². The zero-order chi connectivity index (χ0) is 17.1. The Balaban J connectivity index is 1.95. The van der Waals surface area contributed by atoms with Crippen molar-refractivity contribution in [2.24, 2.45) is 0 Å². The number of aromatic nitrogens is 4. The van der Waals surface area contributed by atoms with E-state index >= 15 is 0 Å². The van der Waals surface area contributed by atoms with Crippen molar-refractivity contribution in [3.63, 3.8) is 0 Å². The van der Waals surface area contributed by atoms with Crippen LogP contribution < -0.4 is 5.43 Å². The molecule has 0 saturated heterocycles. The smallest absolute Gasteiger partial charge is 0.194 e. The Labute approximate surface area is 149 Å². The molecule has 0 aliphatic carbocycles. The summed E-state index contributed by atoms with van der Waals surface area (Å²) < 4.78 is 4.57. The number of hydrogen-bond donors (Lipinski definition) is 1. The molecule has 0 aliphatic rings. The van der Waals surface area contributed by atoms with E-state index in [1.165, 1.54) is 12.4 Å². The summed E-state index contributed by atoms with van der Waals surface area (Å²) in [5.41, 5.74) is 2.28. The van der Waals surface area contributed by atoms with Crippen molar-refractivity contribution >= 4 is 43.1 Å². The molecule has 5 rings (SSSR count). The van der Waals surface area contributed by atoms with Crippen molar-refractivity contribution in [2.45, 2.75) is 6.54 Å². The van der Waals surface area contributed by atoms with E-state index in [0.717, 1.165) is 26.3 Å². The summed E-state index contributed by atoms with van der Waals surface area (Å²) in [5.74, 6) is 0.0804. The Kier molecular flexibility index (Phi) is 2.90. The zero-order valence-electron chi connectivity index (χ0n) is 12.8. The molecule has 0 amide bonds. The van der Waals surface area contributed by atoms with Crippen LogP contribution in [0.3, 0.4) is 0 Å². The van der Waals surface area contributed by atoms with Gasteiger partial charge >= 0.3 is 0 Å². The molecule has 25 heavy (non-hydrogen) atoms. The third kappa shape index (κ3) is 2.05. The molecule has 122 valence electrons. The Morgan fingerprint density at radius 1 is 1.12 bits per heavy atom. The number of aromatic hydroxyl groups is 1. The summed E-state index contributed by atoms with van der Waals surface area (Å²) in [5, 5.41) is 16.6. The summed E-state index contributed by atoms with van der Waals surface area (Å²) in [4.78, 5) is 16.9. The fourth-order valence-corrected chi connectivity index (χ4v) is 3.80. The highest BCUT2D eigenvalue weighted by molar-refractivity contribution is 9.10. The number of halogens is 1. The van der Waals surface area contributed by atoms with E-state index in [2.05, 4.69) is 26.0 Å². The number of rotatable bonds is 2. The van der Waals surface area contributed by atoms with E-state index in [1.54, 1.807) is 17.1 Å². The average Bonchev–Trinajstić information content (AvgIpc) is 3.19. The number of fused-ring (bicyclic) bond motifs is 3. The summed E-state index contributed by atoms with van der Waals surface area (Å²) in [6.45, 7) is 0.325.